The Morgan fingerprint density at radius 2 is 1.94 bits per heavy atom. The lowest BCUT2D eigenvalue weighted by Gasteiger charge is -2.42. The summed E-state index contributed by atoms with van der Waals surface area (Å²) in [6.45, 7) is 2.08. The van der Waals surface area contributed by atoms with Crippen LogP contribution in [0.2, 0.25) is 0 Å². The molecule has 1 fully saturated rings. The van der Waals surface area contributed by atoms with Crippen molar-refractivity contribution in [2.24, 2.45) is 0 Å². The van der Waals surface area contributed by atoms with E-state index in [0.717, 1.165) is 0 Å². The molecule has 2 heterocycles. The summed E-state index contributed by atoms with van der Waals surface area (Å²) in [5.74, 6) is -0.416. The molecule has 0 bridgehead atoms. The molecule has 4 N–H and O–H groups in total. The van der Waals surface area contributed by atoms with E-state index in [9.17, 15) is 28.2 Å². The van der Waals surface area contributed by atoms with Gasteiger partial charge in [-0.25, -0.2) is 8.98 Å². The number of rotatable bonds is 6. The SMILES string of the molecule is CC(=O)N[C@@H]1[C@H](Oc2ccc3c(C)cc(=O)oc3c2)O[C@H](COS(=O)(=O)O)[C@@H](O)[C@@H]1O. The number of ether oxygens (including phenoxy) is 2. The third-order valence-corrected chi connectivity index (χ3v) is 5.06. The number of aryl methyl sites for hydroxylation is 1. The topological polar surface area (TPSA) is 182 Å². The molecule has 5 atom stereocenters. The van der Waals surface area contributed by atoms with E-state index < -0.39 is 59.2 Å². The van der Waals surface area contributed by atoms with Crippen LogP contribution in [0.4, 0.5) is 0 Å². The van der Waals surface area contributed by atoms with E-state index in [1.54, 1.807) is 13.0 Å². The Morgan fingerprint density at radius 1 is 1.23 bits per heavy atom. The smallest absolute Gasteiger partial charge is 0.397 e. The number of amides is 1. The molecule has 170 valence electrons. The number of hydrogen-bond donors (Lipinski definition) is 4. The van der Waals surface area contributed by atoms with Crippen LogP contribution in [0.1, 0.15) is 12.5 Å². The summed E-state index contributed by atoms with van der Waals surface area (Å²) in [4.78, 5) is 23.2. The number of aliphatic hydroxyl groups excluding tert-OH is 2. The summed E-state index contributed by atoms with van der Waals surface area (Å²) < 4.78 is 51.0. The molecule has 0 spiro atoms. The molecule has 0 unspecified atom stereocenters. The molecule has 0 aliphatic carbocycles. The molecule has 1 aromatic carbocycles. The molecule has 13 heteroatoms. The molecule has 1 aliphatic heterocycles. The van der Waals surface area contributed by atoms with E-state index in [1.807, 2.05) is 0 Å². The van der Waals surface area contributed by atoms with Gasteiger partial charge in [0.05, 0.1) is 6.61 Å². The highest BCUT2D eigenvalue weighted by molar-refractivity contribution is 7.80. The highest BCUT2D eigenvalue weighted by atomic mass is 32.3. The van der Waals surface area contributed by atoms with Gasteiger partial charge >= 0.3 is 16.0 Å². The Kier molecular flexibility index (Phi) is 6.64. The fourth-order valence-corrected chi connectivity index (χ4v) is 3.53. The van der Waals surface area contributed by atoms with Gasteiger partial charge in [0.25, 0.3) is 0 Å². The van der Waals surface area contributed by atoms with Crippen LogP contribution in [0.3, 0.4) is 0 Å². The first-order chi connectivity index (χ1) is 14.4. The van der Waals surface area contributed by atoms with Gasteiger partial charge in [-0.05, 0) is 24.6 Å². The van der Waals surface area contributed by atoms with Crippen molar-refractivity contribution in [1.82, 2.24) is 5.32 Å². The molecule has 31 heavy (non-hydrogen) atoms. The Morgan fingerprint density at radius 3 is 2.58 bits per heavy atom. The van der Waals surface area contributed by atoms with Crippen LogP contribution in [0.5, 0.6) is 5.75 Å². The Bertz CT molecular complexity index is 1130. The predicted molar refractivity (Wildman–Crippen MR) is 104 cm³/mol. The van der Waals surface area contributed by atoms with Crippen molar-refractivity contribution in [2.75, 3.05) is 6.61 Å². The van der Waals surface area contributed by atoms with E-state index in [2.05, 4.69) is 9.50 Å². The van der Waals surface area contributed by atoms with Crippen LogP contribution >= 0.6 is 0 Å². The number of carbonyl (C=O) groups is 1. The van der Waals surface area contributed by atoms with Crippen molar-refractivity contribution in [2.45, 2.75) is 44.5 Å². The second kappa shape index (κ2) is 8.90. The van der Waals surface area contributed by atoms with Crippen LogP contribution < -0.4 is 15.7 Å². The molecule has 1 aromatic heterocycles. The second-order valence-electron chi connectivity index (χ2n) is 6.99. The predicted octanol–water partition coefficient (Wildman–Crippen LogP) is -0.749. The van der Waals surface area contributed by atoms with Gasteiger partial charge in [0.2, 0.25) is 12.2 Å². The minimum atomic E-state index is -4.83. The van der Waals surface area contributed by atoms with E-state index in [0.29, 0.717) is 10.9 Å². The standard InChI is InChI=1S/C18H21NO11S/c1-8-5-14(21)29-12-6-10(3-4-11(8)12)28-18-15(19-9(2)20)17(23)16(22)13(30-18)7-27-31(24,25)26/h3-6,13,15-18,22-23H,7H2,1-2H3,(H,19,20)(H,24,25,26)/t13-,15+,16-,17-,18-/m1/s1. The lowest BCUT2D eigenvalue weighted by molar-refractivity contribution is -0.242. The molecule has 3 rings (SSSR count). The van der Waals surface area contributed by atoms with Gasteiger partial charge < -0.3 is 29.4 Å². The lowest BCUT2D eigenvalue weighted by Crippen LogP contribution is -2.65. The van der Waals surface area contributed by atoms with Crippen molar-refractivity contribution in [1.29, 1.82) is 0 Å². The van der Waals surface area contributed by atoms with Crippen molar-refractivity contribution in [3.63, 3.8) is 0 Å². The zero-order chi connectivity index (χ0) is 22.9. The van der Waals surface area contributed by atoms with Crippen LogP contribution in [0.15, 0.2) is 33.5 Å². The number of carbonyl (C=O) groups excluding carboxylic acids is 1. The van der Waals surface area contributed by atoms with E-state index in [4.69, 9.17) is 18.4 Å². The van der Waals surface area contributed by atoms with Crippen molar-refractivity contribution in [3.8, 4) is 5.75 Å². The quantitative estimate of drug-likeness (QED) is 0.315. The van der Waals surface area contributed by atoms with Crippen LogP contribution in [0.25, 0.3) is 11.0 Å². The molecule has 0 saturated carbocycles. The highest BCUT2D eigenvalue weighted by Crippen LogP contribution is 2.27. The minimum absolute atomic E-state index is 0.139. The van der Waals surface area contributed by atoms with Gasteiger partial charge in [-0.1, -0.05) is 0 Å². The largest absolute Gasteiger partial charge is 0.462 e. The van der Waals surface area contributed by atoms with Gasteiger partial charge in [-0.15, -0.1) is 0 Å². The Labute approximate surface area is 176 Å². The van der Waals surface area contributed by atoms with Crippen LogP contribution in [0, 0.1) is 6.92 Å². The third-order valence-electron chi connectivity index (χ3n) is 4.63. The summed E-state index contributed by atoms with van der Waals surface area (Å²) in [5.41, 5.74) is 0.346. The van der Waals surface area contributed by atoms with Gasteiger partial charge in [0.1, 0.15) is 35.7 Å². The summed E-state index contributed by atoms with van der Waals surface area (Å²) in [5, 5.41) is 23.7. The number of aliphatic hydroxyl groups is 2. The number of nitrogens with one attached hydrogen (secondary N) is 1. The van der Waals surface area contributed by atoms with Crippen molar-refractivity contribution in [3.05, 3.63) is 40.2 Å². The normalized spacial score (nSPS) is 26.5. The first-order valence-corrected chi connectivity index (χ1v) is 10.4. The van der Waals surface area contributed by atoms with E-state index in [1.165, 1.54) is 25.1 Å². The first-order valence-electron chi connectivity index (χ1n) is 9.06. The summed E-state index contributed by atoms with van der Waals surface area (Å²) >= 11 is 0. The van der Waals surface area contributed by atoms with Gasteiger partial charge in [-0.3, -0.25) is 9.35 Å². The number of hydrogen-bond acceptors (Lipinski definition) is 10. The molecule has 1 amide bonds. The maximum Gasteiger partial charge on any atom is 0.397 e. The monoisotopic (exact) mass is 459 g/mol. The first kappa shape index (κ1) is 23.1. The fraction of sp³-hybridized carbons (Fsp3) is 0.444. The summed E-state index contributed by atoms with van der Waals surface area (Å²) in [6, 6.07) is 4.65. The maximum atomic E-state index is 11.6. The molecule has 1 saturated heterocycles. The lowest BCUT2D eigenvalue weighted by atomic mass is 9.97. The number of fused-ring (bicyclic) bond motifs is 1. The van der Waals surface area contributed by atoms with Crippen LogP contribution in [-0.2, 0) is 24.1 Å². The summed E-state index contributed by atoms with van der Waals surface area (Å²) in [7, 11) is -4.83. The van der Waals surface area contributed by atoms with Crippen molar-refractivity contribution >= 4 is 27.3 Å². The molecule has 12 nitrogen and oxygen atoms in total. The minimum Gasteiger partial charge on any atom is -0.462 e. The highest BCUT2D eigenvalue weighted by Gasteiger charge is 2.46. The molecule has 2 aromatic rings. The van der Waals surface area contributed by atoms with Gasteiger partial charge in [0.15, 0.2) is 0 Å². The fourth-order valence-electron chi connectivity index (χ4n) is 3.22. The van der Waals surface area contributed by atoms with Crippen molar-refractivity contribution < 1.29 is 46.1 Å². The summed E-state index contributed by atoms with van der Waals surface area (Å²) in [6.07, 6.45) is -6.12. The Balaban J connectivity index is 1.89. The van der Waals surface area contributed by atoms with Gasteiger partial charge in [0, 0.05) is 24.4 Å². The average Bonchev–Trinajstić information content (AvgIpc) is 2.65. The molecule has 0 radical (unpaired) electrons. The Hall–Kier alpha value is -2.55. The second-order valence-corrected chi connectivity index (χ2v) is 8.08. The van der Waals surface area contributed by atoms with Crippen LogP contribution in [-0.4, -0.2) is 66.3 Å². The van der Waals surface area contributed by atoms with E-state index in [-0.39, 0.29) is 11.3 Å². The maximum absolute atomic E-state index is 11.6. The number of benzene rings is 1. The third kappa shape index (κ3) is 5.58. The molecule has 1 aliphatic rings. The molecular formula is C18H21NO11S. The molecular weight excluding hydrogens is 438 g/mol. The average molecular weight is 459 g/mol. The van der Waals surface area contributed by atoms with E-state index >= 15 is 0 Å². The van der Waals surface area contributed by atoms with Gasteiger partial charge in [-0.2, -0.15) is 8.42 Å². The zero-order valence-electron chi connectivity index (χ0n) is 16.4. The zero-order valence-corrected chi connectivity index (χ0v) is 17.2.